The van der Waals surface area contributed by atoms with Crippen LogP contribution in [-0.2, 0) is 4.79 Å². The average Bonchev–Trinajstić information content (AvgIpc) is 3.00. The van der Waals surface area contributed by atoms with Gasteiger partial charge in [-0.2, -0.15) is 0 Å². The van der Waals surface area contributed by atoms with Crippen LogP contribution in [0, 0.1) is 10.1 Å². The van der Waals surface area contributed by atoms with Crippen LogP contribution in [0.1, 0.15) is 30.1 Å². The van der Waals surface area contributed by atoms with E-state index < -0.39 is 11.0 Å². The molecule has 1 aromatic carbocycles. The zero-order chi connectivity index (χ0) is 15.4. The maximum absolute atomic E-state index is 12.1. The molecular formula is C14H16N2O5. The van der Waals surface area contributed by atoms with Crippen LogP contribution >= 0.6 is 0 Å². The molecule has 7 nitrogen and oxygen atoms in total. The van der Waals surface area contributed by atoms with E-state index in [-0.39, 0.29) is 22.9 Å². The molecule has 7 heteroatoms. The third-order valence-corrected chi connectivity index (χ3v) is 3.40. The standard InChI is InChI=1S/C14H16N2O5/c1-10(14(18)15-6-2-3-7-15)21-13-5-4-12(16(19)20)8-11(13)9-17/h4-5,8-10H,2-3,6-7H2,1H3. The van der Waals surface area contributed by atoms with Gasteiger partial charge < -0.3 is 9.64 Å². The molecule has 1 unspecified atom stereocenters. The van der Waals surface area contributed by atoms with E-state index in [0.29, 0.717) is 19.4 Å². The number of nitrogens with zero attached hydrogens (tertiary/aromatic N) is 2. The highest BCUT2D eigenvalue weighted by Crippen LogP contribution is 2.24. The number of hydrogen-bond acceptors (Lipinski definition) is 5. The fourth-order valence-electron chi connectivity index (χ4n) is 2.28. The van der Waals surface area contributed by atoms with Crippen molar-refractivity contribution < 1.29 is 19.2 Å². The molecule has 1 fully saturated rings. The van der Waals surface area contributed by atoms with Crippen molar-refractivity contribution in [2.45, 2.75) is 25.9 Å². The quantitative estimate of drug-likeness (QED) is 0.469. The molecule has 21 heavy (non-hydrogen) atoms. The summed E-state index contributed by atoms with van der Waals surface area (Å²) in [6.45, 7) is 3.04. The van der Waals surface area contributed by atoms with Gasteiger partial charge in [-0.05, 0) is 25.8 Å². The van der Waals surface area contributed by atoms with Crippen molar-refractivity contribution in [3.63, 3.8) is 0 Å². The average molecular weight is 292 g/mol. The highest BCUT2D eigenvalue weighted by molar-refractivity contribution is 5.83. The van der Waals surface area contributed by atoms with E-state index in [4.69, 9.17) is 4.74 Å². The number of rotatable bonds is 5. The van der Waals surface area contributed by atoms with Crippen LogP contribution in [0.2, 0.25) is 0 Å². The zero-order valence-corrected chi connectivity index (χ0v) is 11.7. The molecule has 0 N–H and O–H groups in total. The molecule has 0 bridgehead atoms. The number of non-ortho nitro benzene ring substituents is 1. The van der Waals surface area contributed by atoms with Gasteiger partial charge in [0.1, 0.15) is 5.75 Å². The molecule has 0 radical (unpaired) electrons. The van der Waals surface area contributed by atoms with Crippen LogP contribution in [0.15, 0.2) is 18.2 Å². The Labute approximate surface area is 121 Å². The largest absolute Gasteiger partial charge is 0.480 e. The highest BCUT2D eigenvalue weighted by Gasteiger charge is 2.25. The van der Waals surface area contributed by atoms with E-state index in [0.717, 1.165) is 18.9 Å². The van der Waals surface area contributed by atoms with Crippen molar-refractivity contribution in [1.29, 1.82) is 0 Å². The summed E-state index contributed by atoms with van der Waals surface area (Å²) in [6.07, 6.45) is 1.71. The Morgan fingerprint density at radius 1 is 1.43 bits per heavy atom. The minimum atomic E-state index is -0.733. The smallest absolute Gasteiger partial charge is 0.270 e. The Balaban J connectivity index is 2.12. The van der Waals surface area contributed by atoms with Gasteiger partial charge in [0.05, 0.1) is 10.5 Å². The number of ether oxygens (including phenoxy) is 1. The first-order valence-electron chi connectivity index (χ1n) is 6.72. The minimum Gasteiger partial charge on any atom is -0.480 e. The molecule has 1 atom stereocenters. The number of likely N-dealkylation sites (tertiary alicyclic amines) is 1. The zero-order valence-electron chi connectivity index (χ0n) is 11.7. The molecule has 2 rings (SSSR count). The molecule has 1 saturated heterocycles. The lowest BCUT2D eigenvalue weighted by atomic mass is 10.2. The monoisotopic (exact) mass is 292 g/mol. The second-order valence-corrected chi connectivity index (χ2v) is 4.89. The van der Waals surface area contributed by atoms with Crippen LogP contribution in [0.25, 0.3) is 0 Å². The SMILES string of the molecule is CC(Oc1ccc([N+](=O)[O-])cc1C=O)C(=O)N1CCCC1. The second-order valence-electron chi connectivity index (χ2n) is 4.89. The Hall–Kier alpha value is -2.44. The topological polar surface area (TPSA) is 89.7 Å². The molecule has 1 amide bonds. The van der Waals surface area contributed by atoms with Crippen LogP contribution in [0.3, 0.4) is 0 Å². The van der Waals surface area contributed by atoms with E-state index in [2.05, 4.69) is 0 Å². The summed E-state index contributed by atoms with van der Waals surface area (Å²) in [5, 5.41) is 10.7. The van der Waals surface area contributed by atoms with Gasteiger partial charge in [0, 0.05) is 25.2 Å². The minimum absolute atomic E-state index is 0.0604. The number of carbonyl (C=O) groups is 2. The van der Waals surface area contributed by atoms with Crippen LogP contribution in [0.5, 0.6) is 5.75 Å². The molecule has 1 aliphatic heterocycles. The molecule has 1 aliphatic rings. The lowest BCUT2D eigenvalue weighted by Crippen LogP contribution is -2.38. The fourth-order valence-corrected chi connectivity index (χ4v) is 2.28. The number of nitro groups is 1. The van der Waals surface area contributed by atoms with Crippen molar-refractivity contribution in [2.24, 2.45) is 0 Å². The van der Waals surface area contributed by atoms with E-state index in [9.17, 15) is 19.7 Å². The molecule has 0 aromatic heterocycles. The highest BCUT2D eigenvalue weighted by atomic mass is 16.6. The number of amides is 1. The molecule has 0 aliphatic carbocycles. The predicted molar refractivity (Wildman–Crippen MR) is 74.4 cm³/mol. The summed E-state index contributed by atoms with van der Waals surface area (Å²) in [6, 6.07) is 3.72. The Bertz CT molecular complexity index is 566. The van der Waals surface area contributed by atoms with Gasteiger partial charge in [-0.3, -0.25) is 19.7 Å². The molecule has 1 heterocycles. The summed E-state index contributed by atoms with van der Waals surface area (Å²) in [5.74, 6) is 0.0401. The molecule has 0 spiro atoms. The van der Waals surface area contributed by atoms with E-state index in [1.54, 1.807) is 11.8 Å². The van der Waals surface area contributed by atoms with E-state index in [1.807, 2.05) is 0 Å². The van der Waals surface area contributed by atoms with Gasteiger partial charge in [-0.1, -0.05) is 0 Å². The van der Waals surface area contributed by atoms with Crippen molar-refractivity contribution in [1.82, 2.24) is 4.90 Å². The summed E-state index contributed by atoms with van der Waals surface area (Å²) in [5.41, 5.74) is -0.131. The molecular weight excluding hydrogens is 276 g/mol. The van der Waals surface area contributed by atoms with Gasteiger partial charge in [-0.25, -0.2) is 0 Å². The van der Waals surface area contributed by atoms with E-state index in [1.165, 1.54) is 12.1 Å². The van der Waals surface area contributed by atoms with Crippen LogP contribution in [0.4, 0.5) is 5.69 Å². The molecule has 0 saturated carbocycles. The first-order chi connectivity index (χ1) is 10.0. The van der Waals surface area contributed by atoms with Gasteiger partial charge in [-0.15, -0.1) is 0 Å². The summed E-state index contributed by atoms with van der Waals surface area (Å²) in [7, 11) is 0. The maximum atomic E-state index is 12.1. The first-order valence-corrected chi connectivity index (χ1v) is 6.72. The maximum Gasteiger partial charge on any atom is 0.270 e. The second kappa shape index (κ2) is 6.34. The lowest BCUT2D eigenvalue weighted by molar-refractivity contribution is -0.384. The van der Waals surface area contributed by atoms with Crippen molar-refractivity contribution >= 4 is 17.9 Å². The number of nitro benzene ring substituents is 1. The number of benzene rings is 1. The summed E-state index contributed by atoms with van der Waals surface area (Å²) < 4.78 is 5.50. The van der Waals surface area contributed by atoms with Crippen molar-refractivity contribution in [3.8, 4) is 5.75 Å². The number of carbonyl (C=O) groups excluding carboxylic acids is 2. The number of hydrogen-bond donors (Lipinski definition) is 0. The Morgan fingerprint density at radius 3 is 2.67 bits per heavy atom. The Kier molecular flexibility index (Phi) is 4.52. The predicted octanol–water partition coefficient (Wildman–Crippen LogP) is 1.80. The van der Waals surface area contributed by atoms with Crippen LogP contribution in [-0.4, -0.2) is 41.2 Å². The first kappa shape index (κ1) is 15.0. The Morgan fingerprint density at radius 2 is 2.10 bits per heavy atom. The molecule has 112 valence electrons. The van der Waals surface area contributed by atoms with Gasteiger partial charge in [0.25, 0.3) is 11.6 Å². The summed E-state index contributed by atoms with van der Waals surface area (Å²) >= 11 is 0. The van der Waals surface area contributed by atoms with Crippen molar-refractivity contribution in [2.75, 3.05) is 13.1 Å². The molecule has 1 aromatic rings. The van der Waals surface area contributed by atoms with Gasteiger partial charge in [0.15, 0.2) is 12.4 Å². The lowest BCUT2D eigenvalue weighted by Gasteiger charge is -2.21. The van der Waals surface area contributed by atoms with Gasteiger partial charge >= 0.3 is 0 Å². The van der Waals surface area contributed by atoms with E-state index >= 15 is 0 Å². The third kappa shape index (κ3) is 3.36. The number of aldehydes is 1. The third-order valence-electron chi connectivity index (χ3n) is 3.40. The van der Waals surface area contributed by atoms with Crippen LogP contribution < -0.4 is 4.74 Å². The fraction of sp³-hybridized carbons (Fsp3) is 0.429. The normalized spacial score (nSPS) is 15.6. The van der Waals surface area contributed by atoms with Crippen molar-refractivity contribution in [3.05, 3.63) is 33.9 Å². The van der Waals surface area contributed by atoms with Gasteiger partial charge in [0.2, 0.25) is 0 Å². The summed E-state index contributed by atoms with van der Waals surface area (Å²) in [4.78, 5) is 34.9.